The summed E-state index contributed by atoms with van der Waals surface area (Å²) in [5, 5.41) is 11.5. The third-order valence-corrected chi connectivity index (χ3v) is 5.74. The number of nitrogens with two attached hydrogens (primary N) is 3. The van der Waals surface area contributed by atoms with Gasteiger partial charge in [0.05, 0.1) is 12.1 Å². The molecule has 0 saturated carbocycles. The van der Waals surface area contributed by atoms with Crippen LogP contribution in [0.3, 0.4) is 0 Å². The maximum atomic E-state index is 11.0. The summed E-state index contributed by atoms with van der Waals surface area (Å²) in [5.41, 5.74) is 22.4. The fraction of sp³-hybridized carbons (Fsp3) is 0.133. The van der Waals surface area contributed by atoms with Crippen molar-refractivity contribution >= 4 is 12.2 Å². The molecule has 4 aromatic rings. The number of benzene rings is 4. The van der Waals surface area contributed by atoms with Crippen LogP contribution in [0.5, 0.6) is 0 Å². The molecule has 0 aliphatic rings. The molecule has 196 valence electrons. The molecule has 8 N–H and O–H groups in total. The van der Waals surface area contributed by atoms with Gasteiger partial charge in [-0.1, -0.05) is 121 Å². The van der Waals surface area contributed by atoms with Crippen LogP contribution >= 0.6 is 0 Å². The minimum atomic E-state index is -1.08. The number of hydrogen-bond acceptors (Lipinski definition) is 6. The molecular weight excluding hydrogens is 480 g/mol. The Morgan fingerprint density at radius 3 is 1.11 bits per heavy atom. The normalized spacial score (nSPS) is 13.0. The van der Waals surface area contributed by atoms with Crippen molar-refractivity contribution in [1.82, 2.24) is 5.32 Å². The van der Waals surface area contributed by atoms with Gasteiger partial charge in [0.2, 0.25) is 0 Å². The SMILES string of the molecule is N[C@H](c1ccccc1)[C@H](N)c1ccccc1.N[C@H](c1ccccc1)[C@H](NC(=O)O)c1ccccc1.O=C=O. The highest BCUT2D eigenvalue weighted by molar-refractivity contribution is 5.65. The third kappa shape index (κ3) is 9.46. The van der Waals surface area contributed by atoms with E-state index < -0.39 is 18.2 Å². The van der Waals surface area contributed by atoms with Crippen molar-refractivity contribution in [2.24, 2.45) is 17.2 Å². The molecule has 4 atom stereocenters. The zero-order valence-electron chi connectivity index (χ0n) is 20.8. The quantitative estimate of drug-likeness (QED) is 0.243. The predicted octanol–water partition coefficient (Wildman–Crippen LogP) is 4.50. The standard InChI is InChI=1S/C15H16N2O2.C14H16N2.CO2/c16-13(11-7-3-1-4-8-11)14(17-15(18)19)12-9-5-2-6-10-12;15-13(11-7-3-1-4-8-11)14(16)12-9-5-2-6-10-12;2-1-3/h1-10,13-14,17H,16H2,(H,18,19);1-10,13-14H,15-16H2;/t2*13-,14-;/m11./s1. The summed E-state index contributed by atoms with van der Waals surface area (Å²) in [4.78, 5) is 27.2. The van der Waals surface area contributed by atoms with E-state index >= 15 is 0 Å². The Balaban J connectivity index is 0.000000245. The van der Waals surface area contributed by atoms with Crippen LogP contribution in [-0.4, -0.2) is 17.4 Å². The Morgan fingerprint density at radius 1 is 0.553 bits per heavy atom. The molecule has 38 heavy (non-hydrogen) atoms. The number of carbonyl (C=O) groups excluding carboxylic acids is 2. The summed E-state index contributed by atoms with van der Waals surface area (Å²) >= 11 is 0. The molecule has 0 fully saturated rings. The Bertz CT molecular complexity index is 1190. The van der Waals surface area contributed by atoms with Crippen LogP contribution in [-0.2, 0) is 9.59 Å². The van der Waals surface area contributed by atoms with E-state index in [2.05, 4.69) is 5.32 Å². The molecule has 0 spiro atoms. The topological polar surface area (TPSA) is 162 Å². The Kier molecular flexibility index (Phi) is 12.6. The first-order valence-electron chi connectivity index (χ1n) is 11.8. The van der Waals surface area contributed by atoms with Gasteiger partial charge in [-0.25, -0.2) is 4.79 Å². The van der Waals surface area contributed by atoms with Crippen molar-refractivity contribution in [1.29, 1.82) is 0 Å². The zero-order chi connectivity index (χ0) is 27.8. The minimum Gasteiger partial charge on any atom is -0.465 e. The van der Waals surface area contributed by atoms with E-state index in [9.17, 15) is 4.79 Å². The van der Waals surface area contributed by atoms with E-state index in [4.69, 9.17) is 31.9 Å². The molecule has 8 heteroatoms. The van der Waals surface area contributed by atoms with Gasteiger partial charge in [0.25, 0.3) is 0 Å². The second kappa shape index (κ2) is 16.2. The van der Waals surface area contributed by atoms with Crippen LogP contribution in [0.2, 0.25) is 0 Å². The first-order chi connectivity index (χ1) is 18.4. The highest BCUT2D eigenvalue weighted by atomic mass is 16.4. The lowest BCUT2D eigenvalue weighted by Gasteiger charge is -2.24. The Morgan fingerprint density at radius 2 is 0.816 bits per heavy atom. The molecule has 0 saturated heterocycles. The lowest BCUT2D eigenvalue weighted by Crippen LogP contribution is -2.35. The molecule has 0 unspecified atom stereocenters. The van der Waals surface area contributed by atoms with E-state index in [1.165, 1.54) is 0 Å². The van der Waals surface area contributed by atoms with E-state index in [0.717, 1.165) is 22.3 Å². The smallest absolute Gasteiger partial charge is 0.405 e. The fourth-order valence-electron chi connectivity index (χ4n) is 3.81. The molecule has 1 amide bonds. The van der Waals surface area contributed by atoms with Gasteiger partial charge in [-0.15, -0.1) is 0 Å². The van der Waals surface area contributed by atoms with Crippen molar-refractivity contribution in [3.63, 3.8) is 0 Å². The van der Waals surface area contributed by atoms with Crippen molar-refractivity contribution in [2.45, 2.75) is 24.2 Å². The summed E-state index contributed by atoms with van der Waals surface area (Å²) in [6.07, 6.45) is -0.833. The van der Waals surface area contributed by atoms with Crippen LogP contribution in [0.25, 0.3) is 0 Å². The maximum Gasteiger partial charge on any atom is 0.405 e. The highest BCUT2D eigenvalue weighted by Crippen LogP contribution is 2.26. The van der Waals surface area contributed by atoms with E-state index in [1.807, 2.05) is 121 Å². The lowest BCUT2D eigenvalue weighted by molar-refractivity contribution is -0.191. The Labute approximate surface area is 222 Å². The molecule has 0 aromatic heterocycles. The van der Waals surface area contributed by atoms with Gasteiger partial charge < -0.3 is 27.6 Å². The van der Waals surface area contributed by atoms with Gasteiger partial charge in [-0.3, -0.25) is 0 Å². The van der Waals surface area contributed by atoms with Crippen molar-refractivity contribution in [2.75, 3.05) is 0 Å². The van der Waals surface area contributed by atoms with Gasteiger partial charge in [-0.05, 0) is 22.3 Å². The summed E-state index contributed by atoms with van der Waals surface area (Å²) < 4.78 is 0. The number of amides is 1. The lowest BCUT2D eigenvalue weighted by atomic mass is 9.94. The van der Waals surface area contributed by atoms with Gasteiger partial charge in [-0.2, -0.15) is 9.59 Å². The average Bonchev–Trinajstić information content (AvgIpc) is 2.97. The number of hydrogen-bond donors (Lipinski definition) is 5. The summed E-state index contributed by atoms with van der Waals surface area (Å²) in [6, 6.07) is 37.5. The maximum absolute atomic E-state index is 11.0. The summed E-state index contributed by atoms with van der Waals surface area (Å²) in [6.45, 7) is 0. The van der Waals surface area contributed by atoms with Gasteiger partial charge in [0.15, 0.2) is 0 Å². The zero-order valence-corrected chi connectivity index (χ0v) is 20.8. The number of nitrogens with one attached hydrogen (secondary N) is 1. The second-order valence-electron chi connectivity index (χ2n) is 8.23. The van der Waals surface area contributed by atoms with E-state index in [-0.39, 0.29) is 18.2 Å². The van der Waals surface area contributed by atoms with Crippen molar-refractivity contribution in [3.8, 4) is 0 Å². The molecule has 4 aromatic carbocycles. The molecule has 0 bridgehead atoms. The first-order valence-corrected chi connectivity index (χ1v) is 11.8. The molecule has 8 nitrogen and oxygen atoms in total. The fourth-order valence-corrected chi connectivity index (χ4v) is 3.81. The van der Waals surface area contributed by atoms with Crippen LogP contribution in [0, 0.1) is 0 Å². The van der Waals surface area contributed by atoms with Crippen molar-refractivity contribution < 1.29 is 19.5 Å². The van der Waals surface area contributed by atoms with Crippen LogP contribution < -0.4 is 22.5 Å². The molecule has 4 rings (SSSR count). The van der Waals surface area contributed by atoms with Crippen LogP contribution in [0.1, 0.15) is 46.4 Å². The van der Waals surface area contributed by atoms with Gasteiger partial charge >= 0.3 is 12.2 Å². The molecular formula is C30H32N4O4. The van der Waals surface area contributed by atoms with Crippen molar-refractivity contribution in [3.05, 3.63) is 144 Å². The third-order valence-electron chi connectivity index (χ3n) is 5.74. The monoisotopic (exact) mass is 512 g/mol. The summed E-state index contributed by atoms with van der Waals surface area (Å²) in [5.74, 6) is 0. The van der Waals surface area contributed by atoms with Crippen LogP contribution in [0.4, 0.5) is 4.79 Å². The largest absolute Gasteiger partial charge is 0.465 e. The second-order valence-corrected chi connectivity index (χ2v) is 8.23. The van der Waals surface area contributed by atoms with E-state index in [1.54, 1.807) is 0 Å². The molecule has 0 heterocycles. The summed E-state index contributed by atoms with van der Waals surface area (Å²) in [7, 11) is 0. The van der Waals surface area contributed by atoms with Crippen LogP contribution in [0.15, 0.2) is 121 Å². The molecule has 0 aliphatic carbocycles. The van der Waals surface area contributed by atoms with E-state index in [0.29, 0.717) is 0 Å². The molecule has 0 aliphatic heterocycles. The number of rotatable bonds is 7. The highest BCUT2D eigenvalue weighted by Gasteiger charge is 2.22. The minimum absolute atomic E-state index is 0.163. The van der Waals surface area contributed by atoms with Gasteiger partial charge in [0.1, 0.15) is 0 Å². The predicted molar refractivity (Wildman–Crippen MR) is 145 cm³/mol. The molecule has 0 radical (unpaired) electrons. The number of carbonyl (C=O) groups is 1. The first kappa shape index (κ1) is 29.6. The number of carboxylic acid groups (broad SMARTS) is 1. The Hall–Kier alpha value is -4.59. The van der Waals surface area contributed by atoms with Gasteiger partial charge in [0, 0.05) is 12.1 Å². The average molecular weight is 513 g/mol.